The Labute approximate surface area is 263 Å². The van der Waals surface area contributed by atoms with Gasteiger partial charge in [0.05, 0.1) is 11.4 Å². The van der Waals surface area contributed by atoms with Gasteiger partial charge in [0.2, 0.25) is 0 Å². The summed E-state index contributed by atoms with van der Waals surface area (Å²) in [7, 11) is 1.96. The van der Waals surface area contributed by atoms with E-state index in [2.05, 4.69) is 24.9 Å². The van der Waals surface area contributed by atoms with Gasteiger partial charge in [-0.15, -0.1) is 23.8 Å². The Morgan fingerprint density at radius 3 is 2.38 bits per heavy atom. The molecule has 5 aromatic rings. The predicted molar refractivity (Wildman–Crippen MR) is 161 cm³/mol. The molecule has 1 N–H and O–H groups in total. The van der Waals surface area contributed by atoms with Crippen molar-refractivity contribution in [3.63, 3.8) is 0 Å². The van der Waals surface area contributed by atoms with Crippen LogP contribution in [0.5, 0.6) is 5.75 Å². The molecular formula is C34H33N4OPt-. The van der Waals surface area contributed by atoms with Gasteiger partial charge in [0.15, 0.2) is 0 Å². The van der Waals surface area contributed by atoms with E-state index in [1.807, 2.05) is 71.6 Å². The number of aromatic nitrogens is 2. The Kier molecular flexibility index (Phi) is 4.83. The van der Waals surface area contributed by atoms with E-state index in [4.69, 9.17) is 17.3 Å². The van der Waals surface area contributed by atoms with Gasteiger partial charge in [0.25, 0.3) is 0 Å². The normalized spacial score (nSPS) is 17.1. The van der Waals surface area contributed by atoms with Gasteiger partial charge >= 0.3 is 0 Å². The fraction of sp³-hybridized carbons (Fsp3) is 0.235. The van der Waals surface area contributed by atoms with E-state index in [-0.39, 0.29) is 37.7 Å². The van der Waals surface area contributed by atoms with Gasteiger partial charge in [-0.25, -0.2) is 4.98 Å². The van der Waals surface area contributed by atoms with E-state index < -0.39 is 31.5 Å². The first-order valence-electron chi connectivity index (χ1n) is 17.2. The van der Waals surface area contributed by atoms with Crippen molar-refractivity contribution in [2.24, 2.45) is 0 Å². The van der Waals surface area contributed by atoms with Crippen molar-refractivity contribution in [2.75, 3.05) is 16.8 Å². The number of nitrogens with zero attached hydrogens (tertiary/aromatic N) is 4. The van der Waals surface area contributed by atoms with Crippen LogP contribution in [0, 0.1) is 6.07 Å². The van der Waals surface area contributed by atoms with Crippen LogP contribution in [0.1, 0.15) is 63.8 Å². The molecule has 0 spiro atoms. The van der Waals surface area contributed by atoms with E-state index in [9.17, 15) is 5.11 Å². The van der Waals surface area contributed by atoms with Crippen LogP contribution in [0.4, 0.5) is 28.6 Å². The molecule has 0 radical (unpaired) electrons. The molecule has 0 atom stereocenters. The molecule has 0 aliphatic carbocycles. The summed E-state index contributed by atoms with van der Waals surface area (Å²) in [5.74, 6) is 0.615. The number of hydrogen-bond acceptors (Lipinski definition) is 5. The number of rotatable bonds is 3. The molecule has 1 aliphatic heterocycles. The molecule has 0 bridgehead atoms. The molecule has 6 heteroatoms. The van der Waals surface area contributed by atoms with E-state index in [0.717, 1.165) is 34.8 Å². The third-order valence-electron chi connectivity index (χ3n) is 7.15. The van der Waals surface area contributed by atoms with E-state index in [0.29, 0.717) is 28.7 Å². The fourth-order valence-electron chi connectivity index (χ4n) is 5.04. The number of fused-ring (bicyclic) bond motifs is 3. The van der Waals surface area contributed by atoms with Crippen LogP contribution >= 0.6 is 0 Å². The Bertz CT molecular complexity index is 1990. The Morgan fingerprint density at radius 1 is 0.900 bits per heavy atom. The van der Waals surface area contributed by atoms with Gasteiger partial charge in [0.1, 0.15) is 17.1 Å². The molecule has 0 unspecified atom stereocenters. The molecular weight excluding hydrogens is 675 g/mol. The Balaban J connectivity index is 0.00000468. The number of aromatic hydroxyl groups is 1. The first-order chi connectivity index (χ1) is 22.4. The van der Waals surface area contributed by atoms with Crippen molar-refractivity contribution in [3.05, 3.63) is 96.2 Å². The molecule has 0 amide bonds. The van der Waals surface area contributed by atoms with E-state index >= 15 is 0 Å². The molecule has 40 heavy (non-hydrogen) atoms. The maximum atomic E-state index is 10.9. The summed E-state index contributed by atoms with van der Waals surface area (Å²) in [5, 5.41) is 10.8. The second kappa shape index (κ2) is 10.4. The maximum Gasteiger partial charge on any atom is 0.140 e. The number of para-hydroxylation sites is 2. The zero-order valence-corrected chi connectivity index (χ0v) is 24.4. The standard InChI is InChI=1S/C34H33N4O.Pt/c1-21(2)23-12-18-32(35-20-23)38-29-10-8-7-9-27(29)37(6)28-16-11-22(19-30(28)38)26-15-13-24-25(34(3,4)5)14-17-31(39)33(24)36-26;/h7-18,20-21,39H,1-6H3;/q-1;/i3D3,4D3,5D3;. The van der Waals surface area contributed by atoms with Gasteiger partial charge in [-0.05, 0) is 63.8 Å². The van der Waals surface area contributed by atoms with Crippen LogP contribution in [0.25, 0.3) is 22.2 Å². The summed E-state index contributed by atoms with van der Waals surface area (Å²) in [6.07, 6.45) is 1.85. The van der Waals surface area contributed by atoms with Gasteiger partial charge in [-0.1, -0.05) is 70.8 Å². The second-order valence-corrected chi connectivity index (χ2v) is 10.1. The first kappa shape index (κ1) is 18.6. The molecule has 1 aliphatic rings. The Morgan fingerprint density at radius 2 is 1.68 bits per heavy atom. The average molecular weight is 718 g/mol. The third kappa shape index (κ3) is 4.67. The summed E-state index contributed by atoms with van der Waals surface area (Å²) in [6, 6.07) is 24.2. The number of phenolic OH excluding ortho intramolecular Hbond substituents is 1. The van der Waals surface area contributed by atoms with Crippen molar-refractivity contribution in [2.45, 2.75) is 45.7 Å². The summed E-state index contributed by atoms with van der Waals surface area (Å²) >= 11 is 0. The molecule has 2 aromatic heterocycles. The summed E-state index contributed by atoms with van der Waals surface area (Å²) < 4.78 is 73.6. The van der Waals surface area contributed by atoms with Crippen LogP contribution < -0.4 is 9.80 Å². The summed E-state index contributed by atoms with van der Waals surface area (Å²) in [6.45, 7) is -6.20. The second-order valence-electron chi connectivity index (χ2n) is 10.1. The summed E-state index contributed by atoms with van der Waals surface area (Å²) in [4.78, 5) is 13.5. The first-order valence-corrected chi connectivity index (χ1v) is 12.7. The smallest absolute Gasteiger partial charge is 0.140 e. The van der Waals surface area contributed by atoms with Gasteiger partial charge in [-0.2, -0.15) is 0 Å². The quantitative estimate of drug-likeness (QED) is 0.189. The SMILES string of the molecule is [2H]C([2H])([2H])C(c1ccc(O)c2nc(-c3[c-]c4c(cc3)N(C)c3ccccc3N4c3ccc(C(C)C)cn3)ccc12)(C([2H])([2H])[2H])C([2H])([2H])[2H].[Pt]. The minimum atomic E-state index is -3.47. The van der Waals surface area contributed by atoms with Crippen molar-refractivity contribution in [3.8, 4) is 17.0 Å². The molecule has 3 aromatic carbocycles. The van der Waals surface area contributed by atoms with E-state index in [1.54, 1.807) is 0 Å². The topological polar surface area (TPSA) is 52.5 Å². The number of hydrogen-bond donors (Lipinski definition) is 1. The number of pyridine rings is 2. The number of anilines is 5. The number of phenols is 1. The van der Waals surface area contributed by atoms with Crippen LogP contribution in [0.2, 0.25) is 0 Å². The largest absolute Gasteiger partial charge is 0.506 e. The molecule has 6 rings (SSSR count). The average Bonchev–Trinajstić information content (AvgIpc) is 3.00. The molecule has 3 heterocycles. The zero-order valence-electron chi connectivity index (χ0n) is 31.1. The Hall–Kier alpha value is -3.69. The van der Waals surface area contributed by atoms with Crippen LogP contribution in [-0.4, -0.2) is 22.1 Å². The van der Waals surface area contributed by atoms with Gasteiger partial charge < -0.3 is 14.9 Å². The number of benzene rings is 3. The van der Waals surface area contributed by atoms with Crippen molar-refractivity contribution >= 4 is 39.5 Å². The minimum Gasteiger partial charge on any atom is -0.506 e. The van der Waals surface area contributed by atoms with Gasteiger partial charge in [0, 0.05) is 52.0 Å². The van der Waals surface area contributed by atoms with Crippen LogP contribution in [-0.2, 0) is 26.5 Å². The fourth-order valence-corrected chi connectivity index (χ4v) is 5.04. The van der Waals surface area contributed by atoms with Crippen molar-refractivity contribution < 1.29 is 38.5 Å². The van der Waals surface area contributed by atoms with Crippen LogP contribution in [0.3, 0.4) is 0 Å². The van der Waals surface area contributed by atoms with Crippen molar-refractivity contribution in [1.29, 1.82) is 0 Å². The maximum absolute atomic E-state index is 10.9. The third-order valence-corrected chi connectivity index (χ3v) is 7.15. The molecule has 206 valence electrons. The predicted octanol–water partition coefficient (Wildman–Crippen LogP) is 8.77. The summed E-state index contributed by atoms with van der Waals surface area (Å²) in [5.41, 5.74) is 1.47. The zero-order chi connectivity index (χ0) is 35.0. The molecule has 5 nitrogen and oxygen atoms in total. The van der Waals surface area contributed by atoms with Crippen LogP contribution in [0.15, 0.2) is 79.0 Å². The monoisotopic (exact) mass is 717 g/mol. The minimum absolute atomic E-state index is 0. The van der Waals surface area contributed by atoms with Crippen molar-refractivity contribution in [1.82, 2.24) is 9.97 Å². The molecule has 0 fully saturated rings. The molecule has 0 saturated carbocycles. The van der Waals surface area contributed by atoms with Gasteiger partial charge in [-0.3, -0.25) is 4.98 Å². The van der Waals surface area contributed by atoms with E-state index in [1.165, 1.54) is 12.1 Å². The molecule has 0 saturated heterocycles.